The molecular weight excluding hydrogens is 518 g/mol. The molecule has 3 heterocycles. The van der Waals surface area contributed by atoms with Crippen LogP contribution in [-0.4, -0.2) is 34.6 Å². The number of benzene rings is 3. The van der Waals surface area contributed by atoms with E-state index in [1.165, 1.54) is 5.69 Å². The Labute approximate surface area is 241 Å². The molecule has 0 saturated carbocycles. The van der Waals surface area contributed by atoms with E-state index >= 15 is 0 Å². The van der Waals surface area contributed by atoms with E-state index in [0.717, 1.165) is 83.7 Å². The number of hydrogen-bond acceptors (Lipinski definition) is 7. The normalized spacial score (nSPS) is 13.3. The van der Waals surface area contributed by atoms with Crippen molar-refractivity contribution in [2.45, 2.75) is 59.5 Å². The van der Waals surface area contributed by atoms with Crippen molar-refractivity contribution in [3.05, 3.63) is 89.2 Å². The van der Waals surface area contributed by atoms with Crippen LogP contribution in [0.25, 0.3) is 11.4 Å². The highest BCUT2D eigenvalue weighted by molar-refractivity contribution is 5.57. The first kappa shape index (κ1) is 27.2. The van der Waals surface area contributed by atoms with Gasteiger partial charge in [0.2, 0.25) is 13.6 Å². The third-order valence-electron chi connectivity index (χ3n) is 7.43. The summed E-state index contributed by atoms with van der Waals surface area (Å²) < 4.78 is 30.8. The highest BCUT2D eigenvalue weighted by Crippen LogP contribution is 2.35. The van der Waals surface area contributed by atoms with Crippen molar-refractivity contribution in [1.29, 1.82) is 0 Å². The van der Waals surface area contributed by atoms with Gasteiger partial charge in [-0.25, -0.2) is 4.98 Å². The van der Waals surface area contributed by atoms with E-state index in [0.29, 0.717) is 19.8 Å². The van der Waals surface area contributed by atoms with Gasteiger partial charge in [0.15, 0.2) is 23.0 Å². The van der Waals surface area contributed by atoms with Gasteiger partial charge in [0.1, 0.15) is 5.82 Å². The zero-order valence-electron chi connectivity index (χ0n) is 23.8. The molecule has 2 aliphatic rings. The van der Waals surface area contributed by atoms with Crippen molar-refractivity contribution in [3.8, 4) is 34.4 Å². The van der Waals surface area contributed by atoms with Crippen molar-refractivity contribution in [2.24, 2.45) is 0 Å². The molecule has 0 fully saturated rings. The number of hydrogen-bond donors (Lipinski definition) is 0. The van der Waals surface area contributed by atoms with Crippen LogP contribution < -0.4 is 18.9 Å². The predicted octanol–water partition coefficient (Wildman–Crippen LogP) is 6.55. The maximum atomic E-state index is 5.93. The molecule has 0 amide bonds. The summed E-state index contributed by atoms with van der Waals surface area (Å²) in [5, 5.41) is 0. The van der Waals surface area contributed by atoms with E-state index in [1.807, 2.05) is 25.1 Å². The molecule has 1 aromatic heterocycles. The Morgan fingerprint density at radius 3 is 2.02 bits per heavy atom. The number of aromatic nitrogens is 2. The monoisotopic (exact) mass is 555 g/mol. The van der Waals surface area contributed by atoms with Crippen LogP contribution in [0.2, 0.25) is 0 Å². The molecule has 6 rings (SSSR count). The van der Waals surface area contributed by atoms with Gasteiger partial charge in [-0.05, 0) is 48.7 Å². The number of ether oxygens (including phenoxy) is 5. The summed E-state index contributed by atoms with van der Waals surface area (Å²) in [7, 11) is 0. The molecule has 0 atom stereocenters. The summed E-state index contributed by atoms with van der Waals surface area (Å²) in [5.41, 5.74) is 5.61. The maximum Gasteiger partial charge on any atom is 0.231 e. The van der Waals surface area contributed by atoms with E-state index in [9.17, 15) is 0 Å². The molecule has 41 heavy (non-hydrogen) atoms. The van der Waals surface area contributed by atoms with Crippen molar-refractivity contribution in [3.63, 3.8) is 0 Å². The molecule has 0 spiro atoms. The van der Waals surface area contributed by atoms with Crippen LogP contribution in [0.15, 0.2) is 66.7 Å². The first-order valence-electron chi connectivity index (χ1n) is 14.4. The Bertz CT molecular complexity index is 1410. The second-order valence-corrected chi connectivity index (χ2v) is 10.4. The summed E-state index contributed by atoms with van der Waals surface area (Å²) in [6.07, 6.45) is 2.17. The molecule has 3 aromatic carbocycles. The lowest BCUT2D eigenvalue weighted by molar-refractivity contribution is 0.129. The lowest BCUT2D eigenvalue weighted by Gasteiger charge is -2.25. The Morgan fingerprint density at radius 2 is 1.41 bits per heavy atom. The topological polar surface area (TPSA) is 67.2 Å². The Hall–Kier alpha value is -4.01. The molecule has 0 radical (unpaired) electrons. The molecule has 0 saturated heterocycles. The smallest absolute Gasteiger partial charge is 0.231 e. The van der Waals surface area contributed by atoms with Crippen molar-refractivity contribution in [2.75, 3.05) is 20.2 Å². The summed E-state index contributed by atoms with van der Waals surface area (Å²) in [6.45, 7) is 8.94. The third-order valence-corrected chi connectivity index (χ3v) is 7.43. The lowest BCUT2D eigenvalue weighted by atomic mass is 10.1. The van der Waals surface area contributed by atoms with E-state index in [4.69, 9.17) is 28.7 Å². The minimum atomic E-state index is 0.263. The van der Waals surface area contributed by atoms with Crippen molar-refractivity contribution in [1.82, 2.24) is 14.5 Å². The Kier molecular flexibility index (Phi) is 8.39. The summed E-state index contributed by atoms with van der Waals surface area (Å²) in [4.78, 5) is 7.61. The van der Waals surface area contributed by atoms with Crippen LogP contribution in [-0.2, 0) is 37.5 Å². The van der Waals surface area contributed by atoms with E-state index < -0.39 is 0 Å². The van der Waals surface area contributed by atoms with E-state index in [2.05, 4.69) is 64.9 Å². The van der Waals surface area contributed by atoms with Gasteiger partial charge >= 0.3 is 0 Å². The van der Waals surface area contributed by atoms with Gasteiger partial charge < -0.3 is 28.3 Å². The average Bonchev–Trinajstić information content (AvgIpc) is 3.74. The molecule has 0 unspecified atom stereocenters. The fourth-order valence-electron chi connectivity index (χ4n) is 5.37. The van der Waals surface area contributed by atoms with E-state index in [-0.39, 0.29) is 13.6 Å². The number of imidazole rings is 1. The van der Waals surface area contributed by atoms with Crippen molar-refractivity contribution >= 4 is 0 Å². The molecule has 4 aromatic rings. The van der Waals surface area contributed by atoms with Crippen LogP contribution in [0.3, 0.4) is 0 Å². The highest BCUT2D eigenvalue weighted by Gasteiger charge is 2.23. The van der Waals surface area contributed by atoms with Crippen LogP contribution >= 0.6 is 0 Å². The Morgan fingerprint density at radius 1 is 0.780 bits per heavy atom. The van der Waals surface area contributed by atoms with Crippen LogP contribution in [0, 0.1) is 0 Å². The molecular formula is C33H37N3O5. The minimum absolute atomic E-state index is 0.263. The van der Waals surface area contributed by atoms with Crippen molar-refractivity contribution < 1.29 is 23.7 Å². The molecule has 2 aliphatic heterocycles. The predicted molar refractivity (Wildman–Crippen MR) is 156 cm³/mol. The molecule has 8 nitrogen and oxygen atoms in total. The van der Waals surface area contributed by atoms with Crippen LogP contribution in [0.5, 0.6) is 23.0 Å². The largest absolute Gasteiger partial charge is 0.454 e. The second kappa shape index (κ2) is 12.7. The minimum Gasteiger partial charge on any atom is -0.454 e. The quantitative estimate of drug-likeness (QED) is 0.185. The summed E-state index contributed by atoms with van der Waals surface area (Å²) >= 11 is 0. The maximum absolute atomic E-state index is 5.93. The number of rotatable bonds is 13. The molecule has 0 N–H and O–H groups in total. The lowest BCUT2D eigenvalue weighted by Crippen LogP contribution is -2.25. The van der Waals surface area contributed by atoms with Gasteiger partial charge in [0.05, 0.1) is 18.0 Å². The molecule has 0 aliphatic carbocycles. The third kappa shape index (κ3) is 6.19. The van der Waals surface area contributed by atoms with Gasteiger partial charge in [-0.1, -0.05) is 55.8 Å². The van der Waals surface area contributed by atoms with Crippen LogP contribution in [0.4, 0.5) is 0 Å². The molecule has 0 bridgehead atoms. The van der Waals surface area contributed by atoms with Gasteiger partial charge in [-0.3, -0.25) is 4.90 Å². The first-order valence-corrected chi connectivity index (χ1v) is 14.4. The first-order chi connectivity index (χ1) is 20.2. The SMILES string of the molecule is CCCCn1c(-c2ccccc2)nc(COCC)c1CN(Cc1ccc2c(c1)OCO2)Cc1ccc2c(c1)OCO2. The zero-order chi connectivity index (χ0) is 28.0. The van der Waals surface area contributed by atoms with Crippen LogP contribution in [0.1, 0.15) is 49.2 Å². The fraction of sp³-hybridized carbons (Fsp3) is 0.364. The average molecular weight is 556 g/mol. The number of fused-ring (bicyclic) bond motifs is 2. The fourth-order valence-corrected chi connectivity index (χ4v) is 5.37. The van der Waals surface area contributed by atoms with Gasteiger partial charge in [-0.15, -0.1) is 0 Å². The molecule has 214 valence electrons. The second-order valence-electron chi connectivity index (χ2n) is 10.4. The number of unbranched alkanes of at least 4 members (excludes halogenated alkanes) is 1. The highest BCUT2D eigenvalue weighted by atomic mass is 16.7. The number of nitrogens with zero attached hydrogens (tertiary/aromatic N) is 3. The molecule has 8 heteroatoms. The summed E-state index contributed by atoms with van der Waals surface area (Å²) in [5.74, 6) is 4.17. The van der Waals surface area contributed by atoms with Gasteiger partial charge in [0, 0.05) is 38.3 Å². The van der Waals surface area contributed by atoms with Gasteiger partial charge in [0.25, 0.3) is 0 Å². The standard InChI is InChI=1S/C33H37N3O5/c1-3-5-15-36-28(27(21-37-4-2)34-33(36)26-9-7-6-8-10-26)20-35(18-24-11-13-29-31(16-24)40-22-38-29)19-25-12-14-30-32(17-25)41-23-39-30/h6-14,16-17H,3-5,15,18-23H2,1-2H3. The summed E-state index contributed by atoms with van der Waals surface area (Å²) in [6, 6.07) is 22.8. The Balaban J connectivity index is 1.37. The van der Waals surface area contributed by atoms with Gasteiger partial charge in [-0.2, -0.15) is 0 Å². The van der Waals surface area contributed by atoms with E-state index in [1.54, 1.807) is 0 Å². The zero-order valence-corrected chi connectivity index (χ0v) is 23.8.